The molecule has 1 aromatic rings. The van der Waals surface area contributed by atoms with E-state index in [9.17, 15) is 0 Å². The van der Waals surface area contributed by atoms with Crippen molar-refractivity contribution in [3.8, 4) is 0 Å². The van der Waals surface area contributed by atoms with Crippen molar-refractivity contribution in [1.29, 1.82) is 0 Å². The minimum absolute atomic E-state index is 0.672. The Hall–Kier alpha value is -0.870. The molecule has 0 aliphatic carbocycles. The van der Waals surface area contributed by atoms with Crippen LogP contribution in [0.5, 0.6) is 0 Å². The zero-order valence-corrected chi connectivity index (χ0v) is 9.58. The summed E-state index contributed by atoms with van der Waals surface area (Å²) >= 11 is 0. The minimum atomic E-state index is 0.672. The summed E-state index contributed by atoms with van der Waals surface area (Å²) in [5.41, 5.74) is 0. The number of nitrogens with one attached hydrogen (secondary N) is 1. The van der Waals surface area contributed by atoms with E-state index in [-0.39, 0.29) is 0 Å². The van der Waals surface area contributed by atoms with Crippen molar-refractivity contribution < 1.29 is 9.15 Å². The molecule has 1 N–H and O–H groups in total. The molecular weight excluding hydrogens is 192 g/mol. The first-order valence-electron chi connectivity index (χ1n) is 5.52. The number of nitrogens with zero attached hydrogens (tertiary/aromatic N) is 1. The molecule has 0 aliphatic heterocycles. The molecule has 0 spiro atoms. The predicted molar refractivity (Wildman–Crippen MR) is 58.7 cm³/mol. The Morgan fingerprint density at radius 3 is 3.00 bits per heavy atom. The third-order valence-electron chi connectivity index (χ3n) is 2.01. The zero-order valence-electron chi connectivity index (χ0n) is 9.58. The van der Waals surface area contributed by atoms with E-state index >= 15 is 0 Å². The molecule has 0 amide bonds. The van der Waals surface area contributed by atoms with Gasteiger partial charge in [0.1, 0.15) is 5.76 Å². The van der Waals surface area contributed by atoms with E-state index in [1.165, 1.54) is 6.42 Å². The quantitative estimate of drug-likeness (QED) is 0.668. The van der Waals surface area contributed by atoms with E-state index < -0.39 is 0 Å². The lowest BCUT2D eigenvalue weighted by atomic mass is 10.4. The lowest BCUT2D eigenvalue weighted by molar-refractivity contribution is 0.132. The van der Waals surface area contributed by atoms with Crippen molar-refractivity contribution in [2.45, 2.75) is 33.2 Å². The first-order chi connectivity index (χ1) is 7.33. The summed E-state index contributed by atoms with van der Waals surface area (Å²) in [5, 5.41) is 3.21. The Morgan fingerprint density at radius 2 is 2.33 bits per heavy atom. The number of aryl methyl sites for hydroxylation is 1. The molecule has 0 bridgehead atoms. The number of unbranched alkanes of at least 4 members (excludes halogenated alkanes) is 1. The molecule has 1 rings (SSSR count). The van der Waals surface area contributed by atoms with Crippen LogP contribution in [0.25, 0.3) is 0 Å². The van der Waals surface area contributed by atoms with Gasteiger partial charge in [-0.15, -0.1) is 0 Å². The number of hydrogen-bond acceptors (Lipinski definition) is 4. The van der Waals surface area contributed by atoms with Gasteiger partial charge in [0.2, 0.25) is 5.89 Å². The van der Waals surface area contributed by atoms with Gasteiger partial charge in [0.15, 0.2) is 0 Å². The van der Waals surface area contributed by atoms with E-state index in [1.54, 1.807) is 6.20 Å². The van der Waals surface area contributed by atoms with Crippen molar-refractivity contribution in [2.24, 2.45) is 0 Å². The van der Waals surface area contributed by atoms with Gasteiger partial charge >= 0.3 is 0 Å². The first-order valence-corrected chi connectivity index (χ1v) is 5.52. The molecule has 0 aliphatic rings. The topological polar surface area (TPSA) is 47.3 Å². The predicted octanol–water partition coefficient (Wildman–Crippen LogP) is 1.89. The van der Waals surface area contributed by atoms with Crippen LogP contribution < -0.4 is 5.32 Å². The van der Waals surface area contributed by atoms with Gasteiger partial charge in [-0.3, -0.25) is 0 Å². The smallest absolute Gasteiger partial charge is 0.208 e. The maximum absolute atomic E-state index is 5.40. The van der Waals surface area contributed by atoms with Gasteiger partial charge in [-0.1, -0.05) is 13.3 Å². The number of hydrogen-bond donors (Lipinski definition) is 1. The second-order valence-electron chi connectivity index (χ2n) is 3.51. The van der Waals surface area contributed by atoms with Crippen molar-refractivity contribution >= 4 is 0 Å². The van der Waals surface area contributed by atoms with Crippen molar-refractivity contribution in [3.05, 3.63) is 17.8 Å². The van der Waals surface area contributed by atoms with E-state index in [2.05, 4.69) is 17.2 Å². The average Bonchev–Trinajstić information content (AvgIpc) is 2.63. The Balaban J connectivity index is 1.93. The summed E-state index contributed by atoms with van der Waals surface area (Å²) in [6.07, 6.45) is 4.05. The van der Waals surface area contributed by atoms with Gasteiger partial charge in [0.05, 0.1) is 19.3 Å². The molecule has 1 aromatic heterocycles. The van der Waals surface area contributed by atoms with Crippen LogP contribution in [0.15, 0.2) is 10.6 Å². The fourth-order valence-electron chi connectivity index (χ4n) is 1.17. The first kappa shape index (κ1) is 12.2. The Bertz CT molecular complexity index is 261. The zero-order chi connectivity index (χ0) is 10.9. The molecule has 4 heteroatoms. The molecule has 0 aromatic carbocycles. The number of rotatable bonds is 8. The number of oxazole rings is 1. The molecular formula is C11H20N2O2. The van der Waals surface area contributed by atoms with Crippen LogP contribution in [-0.4, -0.2) is 24.7 Å². The highest BCUT2D eigenvalue weighted by Gasteiger charge is 1.98. The Kier molecular flexibility index (Phi) is 6.04. The van der Waals surface area contributed by atoms with E-state index in [0.29, 0.717) is 6.54 Å². The average molecular weight is 212 g/mol. The fourth-order valence-corrected chi connectivity index (χ4v) is 1.17. The maximum atomic E-state index is 5.40. The van der Waals surface area contributed by atoms with Crippen molar-refractivity contribution in [2.75, 3.05) is 19.8 Å². The number of aromatic nitrogens is 1. The van der Waals surface area contributed by atoms with Gasteiger partial charge in [-0.2, -0.15) is 0 Å². The maximum Gasteiger partial charge on any atom is 0.208 e. The third-order valence-corrected chi connectivity index (χ3v) is 2.01. The van der Waals surface area contributed by atoms with Gasteiger partial charge in [0, 0.05) is 13.2 Å². The SMILES string of the molecule is CCCCOCCNCc1ncc(C)o1. The lowest BCUT2D eigenvalue weighted by Crippen LogP contribution is -2.19. The summed E-state index contributed by atoms with van der Waals surface area (Å²) in [7, 11) is 0. The van der Waals surface area contributed by atoms with Crippen molar-refractivity contribution in [3.63, 3.8) is 0 Å². The number of ether oxygens (including phenoxy) is 1. The van der Waals surface area contributed by atoms with E-state index in [1.807, 2.05) is 6.92 Å². The molecule has 0 unspecified atom stereocenters. The normalized spacial score (nSPS) is 10.8. The minimum Gasteiger partial charge on any atom is -0.445 e. The largest absolute Gasteiger partial charge is 0.445 e. The fraction of sp³-hybridized carbons (Fsp3) is 0.727. The van der Waals surface area contributed by atoms with Gasteiger partial charge < -0.3 is 14.5 Å². The Morgan fingerprint density at radius 1 is 1.47 bits per heavy atom. The monoisotopic (exact) mass is 212 g/mol. The van der Waals surface area contributed by atoms with Crippen LogP contribution in [0.3, 0.4) is 0 Å². The molecule has 15 heavy (non-hydrogen) atoms. The van der Waals surface area contributed by atoms with Crippen LogP contribution >= 0.6 is 0 Å². The lowest BCUT2D eigenvalue weighted by Gasteiger charge is -2.03. The molecule has 0 atom stereocenters. The van der Waals surface area contributed by atoms with E-state index in [0.717, 1.165) is 37.8 Å². The van der Waals surface area contributed by atoms with Crippen molar-refractivity contribution in [1.82, 2.24) is 10.3 Å². The molecule has 4 nitrogen and oxygen atoms in total. The summed E-state index contributed by atoms with van der Waals surface area (Å²) in [5.74, 6) is 1.59. The summed E-state index contributed by atoms with van der Waals surface area (Å²) < 4.78 is 10.7. The second-order valence-corrected chi connectivity index (χ2v) is 3.51. The van der Waals surface area contributed by atoms with Gasteiger partial charge in [-0.05, 0) is 13.3 Å². The molecule has 0 saturated heterocycles. The standard InChI is InChI=1S/C11H20N2O2/c1-3-4-6-14-7-5-12-9-11-13-8-10(2)15-11/h8,12H,3-7,9H2,1-2H3. The molecule has 0 radical (unpaired) electrons. The molecule has 1 heterocycles. The van der Waals surface area contributed by atoms with Crippen LogP contribution in [0, 0.1) is 6.92 Å². The second kappa shape index (κ2) is 7.43. The summed E-state index contributed by atoms with van der Waals surface area (Å²) in [6.45, 7) is 7.17. The van der Waals surface area contributed by atoms with Crippen LogP contribution in [-0.2, 0) is 11.3 Å². The van der Waals surface area contributed by atoms with Crippen LogP contribution in [0.4, 0.5) is 0 Å². The summed E-state index contributed by atoms with van der Waals surface area (Å²) in [4.78, 5) is 4.09. The highest BCUT2D eigenvalue weighted by Crippen LogP contribution is 2.00. The third kappa shape index (κ3) is 5.54. The van der Waals surface area contributed by atoms with Crippen LogP contribution in [0.2, 0.25) is 0 Å². The highest BCUT2D eigenvalue weighted by atomic mass is 16.5. The molecule has 0 saturated carbocycles. The van der Waals surface area contributed by atoms with Gasteiger partial charge in [-0.25, -0.2) is 4.98 Å². The van der Waals surface area contributed by atoms with Crippen LogP contribution in [0.1, 0.15) is 31.4 Å². The van der Waals surface area contributed by atoms with E-state index in [4.69, 9.17) is 9.15 Å². The van der Waals surface area contributed by atoms with Gasteiger partial charge in [0.25, 0.3) is 0 Å². The molecule has 86 valence electrons. The molecule has 0 fully saturated rings. The highest BCUT2D eigenvalue weighted by molar-refractivity contribution is 4.90. The summed E-state index contributed by atoms with van der Waals surface area (Å²) in [6, 6.07) is 0. The Labute approximate surface area is 91.0 Å².